The second-order valence-electron chi connectivity index (χ2n) is 5.01. The van der Waals surface area contributed by atoms with Gasteiger partial charge in [0, 0.05) is 28.2 Å². The lowest BCUT2D eigenvalue weighted by Gasteiger charge is -2.08. The molecule has 5 heteroatoms. The first-order valence-corrected chi connectivity index (χ1v) is 7.12. The number of nitrogens with one attached hydrogen (secondary N) is 2. The van der Waals surface area contributed by atoms with E-state index < -0.39 is 0 Å². The highest BCUT2D eigenvalue weighted by Crippen LogP contribution is 2.21. The number of carbonyl (C=O) groups is 1. The van der Waals surface area contributed by atoms with Gasteiger partial charge in [0.2, 0.25) is 0 Å². The fourth-order valence-electron chi connectivity index (χ4n) is 2.28. The van der Waals surface area contributed by atoms with Crippen molar-refractivity contribution in [2.24, 2.45) is 0 Å². The van der Waals surface area contributed by atoms with E-state index in [1.54, 1.807) is 42.5 Å². The minimum absolute atomic E-state index is 0.112. The van der Waals surface area contributed by atoms with Crippen LogP contribution in [0.3, 0.4) is 0 Å². The van der Waals surface area contributed by atoms with Crippen LogP contribution >= 0.6 is 11.6 Å². The summed E-state index contributed by atoms with van der Waals surface area (Å²) in [6.45, 7) is 1.82. The molecular weight excluding hydrogens is 300 g/mol. The number of aromatic amines is 1. The van der Waals surface area contributed by atoms with E-state index in [-0.39, 0.29) is 11.3 Å². The third kappa shape index (κ3) is 2.73. The van der Waals surface area contributed by atoms with Crippen LogP contribution < -0.4 is 10.7 Å². The van der Waals surface area contributed by atoms with Gasteiger partial charge in [0.25, 0.3) is 5.91 Å². The zero-order chi connectivity index (χ0) is 15.7. The van der Waals surface area contributed by atoms with Crippen molar-refractivity contribution >= 4 is 34.1 Å². The zero-order valence-electron chi connectivity index (χ0n) is 11.8. The summed E-state index contributed by atoms with van der Waals surface area (Å²) < 4.78 is 0. The number of pyridine rings is 1. The van der Waals surface area contributed by atoms with Crippen molar-refractivity contribution in [3.05, 3.63) is 75.0 Å². The Labute approximate surface area is 131 Å². The number of fused-ring (bicyclic) bond motifs is 1. The van der Waals surface area contributed by atoms with E-state index in [2.05, 4.69) is 10.3 Å². The van der Waals surface area contributed by atoms with Gasteiger partial charge in [0.1, 0.15) is 0 Å². The fourth-order valence-corrected chi connectivity index (χ4v) is 2.46. The molecule has 0 radical (unpaired) electrons. The maximum Gasteiger partial charge on any atom is 0.255 e. The second kappa shape index (κ2) is 5.66. The minimum atomic E-state index is -0.310. The third-order valence-electron chi connectivity index (χ3n) is 3.35. The lowest BCUT2D eigenvalue weighted by Crippen LogP contribution is -2.13. The summed E-state index contributed by atoms with van der Waals surface area (Å²) in [5.74, 6) is -0.310. The quantitative estimate of drug-likeness (QED) is 0.757. The van der Waals surface area contributed by atoms with Crippen molar-refractivity contribution in [1.29, 1.82) is 0 Å². The number of amides is 1. The number of benzene rings is 2. The summed E-state index contributed by atoms with van der Waals surface area (Å²) in [6, 6.07) is 13.5. The van der Waals surface area contributed by atoms with Crippen LogP contribution in [0, 0.1) is 6.92 Å². The number of carbonyl (C=O) groups excluding carboxylic acids is 1. The summed E-state index contributed by atoms with van der Waals surface area (Å²) in [5.41, 5.74) is 2.32. The lowest BCUT2D eigenvalue weighted by atomic mass is 10.1. The standard InChI is InChI=1S/C17H13ClN2O2/c1-10-8-16(21)12-9-11(6-7-14(12)19-10)17(22)20-15-5-3-2-4-13(15)18/h2-9H,1H3,(H,19,21)(H,20,22). The van der Waals surface area contributed by atoms with Crippen molar-refractivity contribution in [2.45, 2.75) is 6.92 Å². The molecule has 0 aliphatic rings. The first-order chi connectivity index (χ1) is 10.5. The molecule has 0 saturated carbocycles. The van der Waals surface area contributed by atoms with Crippen LogP contribution in [0.2, 0.25) is 5.02 Å². The number of aromatic nitrogens is 1. The Balaban J connectivity index is 1.98. The van der Waals surface area contributed by atoms with E-state index in [1.807, 2.05) is 6.92 Å². The molecule has 110 valence electrons. The Morgan fingerprint density at radius 3 is 2.68 bits per heavy atom. The van der Waals surface area contributed by atoms with Crippen LogP contribution in [0.5, 0.6) is 0 Å². The van der Waals surface area contributed by atoms with E-state index in [4.69, 9.17) is 11.6 Å². The topological polar surface area (TPSA) is 62.0 Å². The maximum atomic E-state index is 12.3. The van der Waals surface area contributed by atoms with E-state index in [1.165, 1.54) is 6.07 Å². The predicted octanol–water partition coefficient (Wildman–Crippen LogP) is 3.74. The Bertz CT molecular complexity index is 931. The van der Waals surface area contributed by atoms with Crippen molar-refractivity contribution in [3.8, 4) is 0 Å². The average molecular weight is 313 g/mol. The van der Waals surface area contributed by atoms with Gasteiger partial charge in [-0.3, -0.25) is 9.59 Å². The summed E-state index contributed by atoms with van der Waals surface area (Å²) in [6.07, 6.45) is 0. The maximum absolute atomic E-state index is 12.3. The molecule has 1 heterocycles. The van der Waals surface area contributed by atoms with Crippen molar-refractivity contribution < 1.29 is 4.79 Å². The number of para-hydroxylation sites is 1. The number of hydrogen-bond acceptors (Lipinski definition) is 2. The van der Waals surface area contributed by atoms with E-state index in [9.17, 15) is 9.59 Å². The Hall–Kier alpha value is -2.59. The van der Waals surface area contributed by atoms with Crippen LogP contribution in [0.1, 0.15) is 16.1 Å². The number of H-pyrrole nitrogens is 1. The highest BCUT2D eigenvalue weighted by Gasteiger charge is 2.10. The fraction of sp³-hybridized carbons (Fsp3) is 0.0588. The van der Waals surface area contributed by atoms with Crippen LogP contribution in [0.15, 0.2) is 53.3 Å². The summed E-state index contributed by atoms with van der Waals surface area (Å²) in [5, 5.41) is 3.69. The van der Waals surface area contributed by atoms with Crippen molar-refractivity contribution in [2.75, 3.05) is 5.32 Å². The van der Waals surface area contributed by atoms with Gasteiger partial charge in [0.15, 0.2) is 5.43 Å². The molecule has 0 aliphatic heterocycles. The van der Waals surface area contributed by atoms with Crippen molar-refractivity contribution in [3.63, 3.8) is 0 Å². The molecule has 0 aliphatic carbocycles. The Morgan fingerprint density at radius 2 is 1.91 bits per heavy atom. The summed E-state index contributed by atoms with van der Waals surface area (Å²) >= 11 is 6.02. The predicted molar refractivity (Wildman–Crippen MR) is 88.7 cm³/mol. The number of anilines is 1. The van der Waals surface area contributed by atoms with Crippen LogP contribution in [-0.4, -0.2) is 10.9 Å². The zero-order valence-corrected chi connectivity index (χ0v) is 12.6. The molecule has 0 atom stereocenters. The molecule has 0 bridgehead atoms. The van der Waals surface area contributed by atoms with Gasteiger partial charge in [-0.2, -0.15) is 0 Å². The van der Waals surface area contributed by atoms with Crippen LogP contribution in [0.25, 0.3) is 10.9 Å². The largest absolute Gasteiger partial charge is 0.358 e. The summed E-state index contributed by atoms with van der Waals surface area (Å²) in [7, 11) is 0. The van der Waals surface area contributed by atoms with Gasteiger partial charge >= 0.3 is 0 Å². The molecule has 3 rings (SSSR count). The first-order valence-electron chi connectivity index (χ1n) is 6.74. The van der Waals surface area contributed by atoms with E-state index >= 15 is 0 Å². The number of hydrogen-bond donors (Lipinski definition) is 2. The van der Waals surface area contributed by atoms with Crippen molar-refractivity contribution in [1.82, 2.24) is 4.98 Å². The van der Waals surface area contributed by atoms with Gasteiger partial charge < -0.3 is 10.3 Å². The normalized spacial score (nSPS) is 10.6. The first kappa shape index (κ1) is 14.4. The summed E-state index contributed by atoms with van der Waals surface area (Å²) in [4.78, 5) is 27.4. The molecule has 4 nitrogen and oxygen atoms in total. The van der Waals surface area contributed by atoms with Gasteiger partial charge in [-0.05, 0) is 37.3 Å². The molecule has 0 saturated heterocycles. The minimum Gasteiger partial charge on any atom is -0.358 e. The smallest absolute Gasteiger partial charge is 0.255 e. The molecule has 2 N–H and O–H groups in total. The van der Waals surface area contributed by atoms with E-state index in [0.717, 1.165) is 5.69 Å². The van der Waals surface area contributed by atoms with Gasteiger partial charge in [-0.1, -0.05) is 23.7 Å². The monoisotopic (exact) mass is 312 g/mol. The lowest BCUT2D eigenvalue weighted by molar-refractivity contribution is 0.102. The van der Waals surface area contributed by atoms with Crippen LogP contribution in [-0.2, 0) is 0 Å². The van der Waals surface area contributed by atoms with Crippen LogP contribution in [0.4, 0.5) is 5.69 Å². The molecular formula is C17H13ClN2O2. The Kier molecular flexibility index (Phi) is 3.69. The van der Waals surface area contributed by atoms with Gasteiger partial charge in [0.05, 0.1) is 10.7 Å². The number of halogens is 1. The number of aryl methyl sites for hydroxylation is 1. The van der Waals surface area contributed by atoms with E-state index in [0.29, 0.717) is 27.2 Å². The highest BCUT2D eigenvalue weighted by atomic mass is 35.5. The second-order valence-corrected chi connectivity index (χ2v) is 5.42. The Morgan fingerprint density at radius 1 is 1.14 bits per heavy atom. The molecule has 0 fully saturated rings. The molecule has 0 spiro atoms. The van der Waals surface area contributed by atoms with Gasteiger partial charge in [-0.15, -0.1) is 0 Å². The molecule has 22 heavy (non-hydrogen) atoms. The highest BCUT2D eigenvalue weighted by molar-refractivity contribution is 6.33. The van der Waals surface area contributed by atoms with Gasteiger partial charge in [-0.25, -0.2) is 0 Å². The molecule has 2 aromatic carbocycles. The SMILES string of the molecule is Cc1cc(=O)c2cc(C(=O)Nc3ccccc3Cl)ccc2[nH]1. The molecule has 3 aromatic rings. The number of rotatable bonds is 2. The third-order valence-corrected chi connectivity index (χ3v) is 3.68. The molecule has 1 amide bonds. The molecule has 0 unspecified atom stereocenters. The average Bonchev–Trinajstić information content (AvgIpc) is 2.49. The molecule has 1 aromatic heterocycles.